The van der Waals surface area contributed by atoms with Crippen molar-refractivity contribution in [2.24, 2.45) is 11.7 Å². The van der Waals surface area contributed by atoms with Gasteiger partial charge in [-0.3, -0.25) is 4.79 Å². The summed E-state index contributed by atoms with van der Waals surface area (Å²) in [6, 6.07) is 6.02. The zero-order valence-corrected chi connectivity index (χ0v) is 15.6. The molecule has 3 rings (SSSR count). The summed E-state index contributed by atoms with van der Waals surface area (Å²) in [6.07, 6.45) is 2.97. The molecule has 1 aliphatic rings. The molecule has 1 heterocycles. The van der Waals surface area contributed by atoms with Gasteiger partial charge in [0.15, 0.2) is 5.69 Å². The smallest absolute Gasteiger partial charge is 0.387 e. The van der Waals surface area contributed by atoms with E-state index in [0.29, 0.717) is 17.9 Å². The molecule has 0 saturated heterocycles. The van der Waals surface area contributed by atoms with E-state index >= 15 is 0 Å². The van der Waals surface area contributed by atoms with Crippen molar-refractivity contribution in [1.82, 2.24) is 20.3 Å². The summed E-state index contributed by atoms with van der Waals surface area (Å²) >= 11 is 0. The maximum absolute atomic E-state index is 12.5. The topological polar surface area (TPSA) is 95.1 Å². The second kappa shape index (κ2) is 9.09. The Morgan fingerprint density at radius 3 is 2.70 bits per heavy atom. The molecule has 2 aromatic rings. The molecule has 1 fully saturated rings. The number of nitrogens with one attached hydrogen (secondary N) is 1. The third-order valence-corrected chi connectivity index (χ3v) is 4.69. The zero-order chi connectivity index (χ0) is 18.7. The molecule has 1 amide bonds. The fourth-order valence-corrected chi connectivity index (χ4v) is 3.30. The molecule has 0 spiro atoms. The maximum atomic E-state index is 12.5. The Hall–Kier alpha value is -2.26. The van der Waals surface area contributed by atoms with E-state index in [9.17, 15) is 13.6 Å². The predicted octanol–water partition coefficient (Wildman–Crippen LogP) is 2.46. The van der Waals surface area contributed by atoms with Gasteiger partial charge in [0.05, 0.1) is 11.4 Å². The molecule has 0 bridgehead atoms. The average molecular weight is 402 g/mol. The van der Waals surface area contributed by atoms with Crippen molar-refractivity contribution in [3.8, 4) is 11.4 Å². The molecular weight excluding hydrogens is 380 g/mol. The van der Waals surface area contributed by atoms with E-state index in [1.165, 1.54) is 16.8 Å². The molecule has 0 radical (unpaired) electrons. The molecule has 2 unspecified atom stereocenters. The maximum Gasteiger partial charge on any atom is 0.387 e. The molecule has 27 heavy (non-hydrogen) atoms. The highest BCUT2D eigenvalue weighted by molar-refractivity contribution is 5.93. The van der Waals surface area contributed by atoms with E-state index in [2.05, 4.69) is 20.4 Å². The Kier molecular flexibility index (Phi) is 7.09. The number of benzene rings is 1. The number of hydrogen-bond donors (Lipinski definition) is 2. The van der Waals surface area contributed by atoms with Gasteiger partial charge in [0.2, 0.25) is 0 Å². The predicted molar refractivity (Wildman–Crippen MR) is 97.6 cm³/mol. The lowest BCUT2D eigenvalue weighted by atomic mass is 10.0. The van der Waals surface area contributed by atoms with E-state index in [4.69, 9.17) is 5.73 Å². The molecule has 148 valence electrons. The minimum atomic E-state index is -2.88. The normalized spacial score (nSPS) is 19.0. The average Bonchev–Trinajstić information content (AvgIpc) is 3.21. The van der Waals surface area contributed by atoms with Crippen LogP contribution in [0.1, 0.15) is 35.4 Å². The summed E-state index contributed by atoms with van der Waals surface area (Å²) in [6.45, 7) is -0.603. The highest BCUT2D eigenvalue weighted by Crippen LogP contribution is 2.25. The van der Waals surface area contributed by atoms with Crippen LogP contribution < -0.4 is 15.8 Å². The Morgan fingerprint density at radius 2 is 2.07 bits per heavy atom. The molecular formula is C17H22ClF2N5O2. The van der Waals surface area contributed by atoms with Crippen LogP contribution in [0.2, 0.25) is 0 Å². The molecule has 10 heteroatoms. The second-order valence-corrected chi connectivity index (χ2v) is 6.31. The van der Waals surface area contributed by atoms with Crippen molar-refractivity contribution < 1.29 is 18.3 Å². The van der Waals surface area contributed by atoms with Crippen LogP contribution in [0.25, 0.3) is 5.69 Å². The number of hydrogen-bond acceptors (Lipinski definition) is 5. The highest BCUT2D eigenvalue weighted by atomic mass is 35.5. The molecule has 0 aliphatic heterocycles. The monoisotopic (exact) mass is 401 g/mol. The summed E-state index contributed by atoms with van der Waals surface area (Å²) in [5.41, 5.74) is 7.14. The standard InChI is InChI=1S/C17H21F2N5O2.ClH/c1-10-15(16(25)21-14-4-2-3-11(14)9-20)22-23-24(10)12-5-7-13(8-6-12)26-17(18)19;/h5-8,11,14,17H,2-4,9,20H2,1H3,(H,21,25);1H. The van der Waals surface area contributed by atoms with Crippen LogP contribution in [0.15, 0.2) is 24.3 Å². The lowest BCUT2D eigenvalue weighted by Gasteiger charge is -2.18. The number of carbonyl (C=O) groups excluding carboxylic acids is 1. The number of rotatable bonds is 6. The summed E-state index contributed by atoms with van der Waals surface area (Å²) in [7, 11) is 0. The minimum absolute atomic E-state index is 0. The van der Waals surface area contributed by atoms with Gasteiger partial charge in [0.25, 0.3) is 5.91 Å². The lowest BCUT2D eigenvalue weighted by molar-refractivity contribution is -0.0498. The SMILES string of the molecule is Cc1c(C(=O)NC2CCCC2CN)nnn1-c1ccc(OC(F)F)cc1.Cl. The van der Waals surface area contributed by atoms with Crippen molar-refractivity contribution in [3.05, 3.63) is 35.7 Å². The Morgan fingerprint density at radius 1 is 1.37 bits per heavy atom. The fourth-order valence-electron chi connectivity index (χ4n) is 3.30. The Labute approximate surface area is 161 Å². The van der Waals surface area contributed by atoms with Crippen LogP contribution >= 0.6 is 12.4 Å². The first kappa shape index (κ1) is 21.0. The van der Waals surface area contributed by atoms with Crippen molar-refractivity contribution in [1.29, 1.82) is 0 Å². The van der Waals surface area contributed by atoms with Gasteiger partial charge in [0, 0.05) is 6.04 Å². The third-order valence-electron chi connectivity index (χ3n) is 4.69. The molecule has 1 saturated carbocycles. The minimum Gasteiger partial charge on any atom is -0.435 e. The van der Waals surface area contributed by atoms with Crippen molar-refractivity contribution in [2.45, 2.75) is 38.8 Å². The quantitative estimate of drug-likeness (QED) is 0.775. The van der Waals surface area contributed by atoms with Crippen LogP contribution in [-0.2, 0) is 0 Å². The third kappa shape index (κ3) is 4.72. The van der Waals surface area contributed by atoms with Gasteiger partial charge in [0.1, 0.15) is 5.75 Å². The van der Waals surface area contributed by atoms with Gasteiger partial charge in [-0.05, 0) is 56.5 Å². The number of aromatic nitrogens is 3. The fraction of sp³-hybridized carbons (Fsp3) is 0.471. The van der Waals surface area contributed by atoms with Gasteiger partial charge in [-0.15, -0.1) is 17.5 Å². The lowest BCUT2D eigenvalue weighted by Crippen LogP contribution is -2.40. The van der Waals surface area contributed by atoms with Crippen molar-refractivity contribution in [3.63, 3.8) is 0 Å². The first-order valence-electron chi connectivity index (χ1n) is 8.48. The molecule has 1 aromatic heterocycles. The van der Waals surface area contributed by atoms with Gasteiger partial charge < -0.3 is 15.8 Å². The van der Waals surface area contributed by atoms with Crippen LogP contribution in [0.3, 0.4) is 0 Å². The van der Waals surface area contributed by atoms with E-state index in [0.717, 1.165) is 19.3 Å². The largest absolute Gasteiger partial charge is 0.435 e. The number of nitrogens with zero attached hydrogens (tertiary/aromatic N) is 3. The summed E-state index contributed by atoms with van der Waals surface area (Å²) in [5, 5.41) is 11.0. The van der Waals surface area contributed by atoms with Crippen LogP contribution in [0.4, 0.5) is 8.78 Å². The molecule has 7 nitrogen and oxygen atoms in total. The van der Waals surface area contributed by atoms with Crippen LogP contribution in [0, 0.1) is 12.8 Å². The van der Waals surface area contributed by atoms with E-state index in [1.54, 1.807) is 19.1 Å². The number of ether oxygens (including phenoxy) is 1. The van der Waals surface area contributed by atoms with E-state index < -0.39 is 6.61 Å². The van der Waals surface area contributed by atoms with Gasteiger partial charge >= 0.3 is 6.61 Å². The first-order chi connectivity index (χ1) is 12.5. The highest BCUT2D eigenvalue weighted by Gasteiger charge is 2.29. The number of alkyl halides is 2. The first-order valence-corrected chi connectivity index (χ1v) is 8.48. The van der Waals surface area contributed by atoms with Crippen molar-refractivity contribution >= 4 is 18.3 Å². The molecule has 1 aliphatic carbocycles. The number of carbonyl (C=O) groups is 1. The van der Waals surface area contributed by atoms with Gasteiger partial charge in [-0.2, -0.15) is 8.78 Å². The van der Waals surface area contributed by atoms with E-state index in [-0.39, 0.29) is 41.7 Å². The summed E-state index contributed by atoms with van der Waals surface area (Å²) in [5.74, 6) is 0.0574. The summed E-state index contributed by atoms with van der Waals surface area (Å²) in [4.78, 5) is 12.5. The molecule has 2 atom stereocenters. The number of amides is 1. The number of nitrogens with two attached hydrogens (primary N) is 1. The summed E-state index contributed by atoms with van der Waals surface area (Å²) < 4.78 is 30.2. The molecule has 1 aromatic carbocycles. The Balaban J connectivity index is 0.00000261. The second-order valence-electron chi connectivity index (χ2n) is 6.31. The van der Waals surface area contributed by atoms with Gasteiger partial charge in [-0.1, -0.05) is 11.6 Å². The van der Waals surface area contributed by atoms with Crippen molar-refractivity contribution in [2.75, 3.05) is 6.54 Å². The van der Waals surface area contributed by atoms with Crippen LogP contribution in [0.5, 0.6) is 5.75 Å². The molecule has 3 N–H and O–H groups in total. The van der Waals surface area contributed by atoms with E-state index in [1.807, 2.05) is 0 Å². The number of halogens is 3. The Bertz CT molecular complexity index is 769. The van der Waals surface area contributed by atoms with Gasteiger partial charge in [-0.25, -0.2) is 4.68 Å². The van der Waals surface area contributed by atoms with Crippen LogP contribution in [-0.4, -0.2) is 40.1 Å². The zero-order valence-electron chi connectivity index (χ0n) is 14.8.